The molecule has 2 nitrogen and oxygen atoms in total. The van der Waals surface area contributed by atoms with Crippen molar-refractivity contribution in [1.82, 2.24) is 0 Å². The average Bonchev–Trinajstić information content (AvgIpc) is 2.60. The van der Waals surface area contributed by atoms with Crippen LogP contribution >= 0.6 is 0 Å². The number of hydrogen-bond donors (Lipinski definition) is 0. The van der Waals surface area contributed by atoms with Crippen molar-refractivity contribution in [1.29, 1.82) is 0 Å². The first kappa shape index (κ1) is 23.2. The Kier molecular flexibility index (Phi) is 21.5. The van der Waals surface area contributed by atoms with Crippen LogP contribution < -0.4 is 0 Å². The van der Waals surface area contributed by atoms with Crippen LogP contribution in [0.25, 0.3) is 0 Å². The van der Waals surface area contributed by atoms with Crippen LogP contribution in [0.2, 0.25) is 0 Å². The number of allylic oxidation sites excluding steroid dienone is 2. The van der Waals surface area contributed by atoms with Crippen LogP contribution in [0.15, 0.2) is 12.2 Å². The van der Waals surface area contributed by atoms with Crippen molar-refractivity contribution in [3.8, 4) is 0 Å². The molecule has 0 heterocycles. The zero-order valence-electron chi connectivity index (χ0n) is 16.3. The lowest BCUT2D eigenvalue weighted by Gasteiger charge is -2.02. The SMILES string of the molecule is CCCCCCC=CCCCCCCCCCCCCCOC=O. The van der Waals surface area contributed by atoms with Gasteiger partial charge in [-0.25, -0.2) is 0 Å². The molecule has 0 aromatic heterocycles. The summed E-state index contributed by atoms with van der Waals surface area (Å²) in [5, 5.41) is 0. The van der Waals surface area contributed by atoms with Crippen LogP contribution in [0, 0.1) is 0 Å². The van der Waals surface area contributed by atoms with E-state index in [9.17, 15) is 4.79 Å². The molecular weight excluding hydrogens is 296 g/mol. The molecule has 0 N–H and O–H groups in total. The van der Waals surface area contributed by atoms with Crippen molar-refractivity contribution < 1.29 is 9.53 Å². The molecule has 0 unspecified atom stereocenters. The van der Waals surface area contributed by atoms with E-state index in [1.165, 1.54) is 103 Å². The van der Waals surface area contributed by atoms with Crippen LogP contribution in [-0.2, 0) is 9.53 Å². The first-order chi connectivity index (χ1) is 11.9. The topological polar surface area (TPSA) is 26.3 Å². The predicted octanol–water partition coefficient (Wildman–Crippen LogP) is 7.37. The zero-order chi connectivity index (χ0) is 17.6. The Morgan fingerprint density at radius 2 is 1.00 bits per heavy atom. The van der Waals surface area contributed by atoms with Crippen molar-refractivity contribution in [2.75, 3.05) is 6.61 Å². The van der Waals surface area contributed by atoms with Crippen LogP contribution in [0.3, 0.4) is 0 Å². The van der Waals surface area contributed by atoms with Crippen LogP contribution in [0.5, 0.6) is 0 Å². The monoisotopic (exact) mass is 338 g/mol. The Morgan fingerprint density at radius 1 is 0.583 bits per heavy atom. The molecule has 0 aliphatic heterocycles. The maximum absolute atomic E-state index is 9.97. The van der Waals surface area contributed by atoms with Gasteiger partial charge >= 0.3 is 0 Å². The molecule has 0 aliphatic carbocycles. The molecule has 0 aromatic carbocycles. The number of hydrogen-bond acceptors (Lipinski definition) is 2. The molecule has 0 rings (SSSR count). The lowest BCUT2D eigenvalue weighted by atomic mass is 10.0. The van der Waals surface area contributed by atoms with Gasteiger partial charge in [0.2, 0.25) is 0 Å². The highest BCUT2D eigenvalue weighted by molar-refractivity contribution is 5.36. The molecule has 2 heteroatoms. The predicted molar refractivity (Wildman–Crippen MR) is 105 cm³/mol. The summed E-state index contributed by atoms with van der Waals surface area (Å²) in [5.41, 5.74) is 0. The largest absolute Gasteiger partial charge is 0.468 e. The van der Waals surface area contributed by atoms with E-state index in [1.54, 1.807) is 0 Å². The molecule has 0 saturated heterocycles. The summed E-state index contributed by atoms with van der Waals surface area (Å²) in [6, 6.07) is 0. The third-order valence-electron chi connectivity index (χ3n) is 4.59. The highest BCUT2D eigenvalue weighted by Crippen LogP contribution is 2.12. The molecule has 0 saturated carbocycles. The first-order valence-corrected chi connectivity index (χ1v) is 10.6. The molecular formula is C22H42O2. The number of ether oxygens (including phenoxy) is 1. The molecule has 142 valence electrons. The summed E-state index contributed by atoms with van der Waals surface area (Å²) in [6.45, 7) is 3.41. The first-order valence-electron chi connectivity index (χ1n) is 10.6. The van der Waals surface area contributed by atoms with Gasteiger partial charge < -0.3 is 4.74 Å². The van der Waals surface area contributed by atoms with Crippen LogP contribution in [0.1, 0.15) is 116 Å². The third-order valence-corrected chi connectivity index (χ3v) is 4.59. The van der Waals surface area contributed by atoms with E-state index < -0.39 is 0 Å². The van der Waals surface area contributed by atoms with E-state index in [2.05, 4.69) is 23.8 Å². The highest BCUT2D eigenvalue weighted by atomic mass is 16.5. The normalized spacial score (nSPS) is 11.2. The molecule has 0 amide bonds. The van der Waals surface area contributed by atoms with Crippen molar-refractivity contribution >= 4 is 6.47 Å². The van der Waals surface area contributed by atoms with Gasteiger partial charge in [-0.15, -0.1) is 0 Å². The highest BCUT2D eigenvalue weighted by Gasteiger charge is 1.93. The van der Waals surface area contributed by atoms with Crippen molar-refractivity contribution in [2.24, 2.45) is 0 Å². The second-order valence-corrected chi connectivity index (χ2v) is 6.97. The quantitative estimate of drug-likeness (QED) is 0.132. The summed E-state index contributed by atoms with van der Waals surface area (Å²) in [4.78, 5) is 9.97. The molecule has 24 heavy (non-hydrogen) atoms. The Hall–Kier alpha value is -0.790. The molecule has 0 bridgehead atoms. The molecule has 0 aliphatic rings. The van der Waals surface area contributed by atoms with Gasteiger partial charge in [-0.2, -0.15) is 0 Å². The van der Waals surface area contributed by atoms with Gasteiger partial charge in [0.25, 0.3) is 6.47 Å². The van der Waals surface area contributed by atoms with E-state index in [0.29, 0.717) is 13.1 Å². The minimum absolute atomic E-state index is 0.547. The summed E-state index contributed by atoms with van der Waals surface area (Å²) < 4.78 is 4.68. The molecule has 0 aromatic rings. The van der Waals surface area contributed by atoms with Gasteiger partial charge in [0, 0.05) is 0 Å². The van der Waals surface area contributed by atoms with E-state index >= 15 is 0 Å². The Labute approximate surface area is 151 Å². The standard InChI is InChI=1S/C22H42O2/c1-2-3-4-5-6-7-8-9-10-11-12-13-14-15-16-17-18-19-20-21-24-22-23/h7-8,22H,2-6,9-21H2,1H3. The Bertz CT molecular complexity index is 261. The van der Waals surface area contributed by atoms with Gasteiger partial charge in [0.05, 0.1) is 6.61 Å². The fourth-order valence-electron chi connectivity index (χ4n) is 3.01. The molecule has 0 radical (unpaired) electrons. The van der Waals surface area contributed by atoms with Gasteiger partial charge in [-0.1, -0.05) is 96.1 Å². The second kappa shape index (κ2) is 22.2. The molecule has 0 spiro atoms. The lowest BCUT2D eigenvalue weighted by Crippen LogP contribution is -1.91. The molecule has 0 fully saturated rings. The van der Waals surface area contributed by atoms with E-state index in [-0.39, 0.29) is 0 Å². The Balaban J connectivity index is 3.02. The van der Waals surface area contributed by atoms with Gasteiger partial charge in [-0.05, 0) is 32.1 Å². The fraction of sp³-hybridized carbons (Fsp3) is 0.864. The van der Waals surface area contributed by atoms with E-state index in [1.807, 2.05) is 0 Å². The summed E-state index contributed by atoms with van der Waals surface area (Å²) in [7, 11) is 0. The number of carbonyl (C=O) groups is 1. The van der Waals surface area contributed by atoms with Crippen molar-refractivity contribution in [2.45, 2.75) is 116 Å². The lowest BCUT2D eigenvalue weighted by molar-refractivity contribution is -0.128. The van der Waals surface area contributed by atoms with E-state index in [0.717, 1.165) is 6.42 Å². The Morgan fingerprint density at radius 3 is 1.46 bits per heavy atom. The summed E-state index contributed by atoms with van der Waals surface area (Å²) in [6.07, 6.45) is 27.4. The van der Waals surface area contributed by atoms with Gasteiger partial charge in [-0.3, -0.25) is 4.79 Å². The maximum atomic E-state index is 9.97. The smallest absolute Gasteiger partial charge is 0.293 e. The fourth-order valence-corrected chi connectivity index (χ4v) is 3.01. The van der Waals surface area contributed by atoms with Crippen molar-refractivity contribution in [3.05, 3.63) is 12.2 Å². The number of carbonyl (C=O) groups excluding carboxylic acids is 1. The summed E-state index contributed by atoms with van der Waals surface area (Å²) >= 11 is 0. The molecule has 0 atom stereocenters. The number of rotatable bonds is 20. The zero-order valence-corrected chi connectivity index (χ0v) is 16.3. The number of unbranched alkanes of at least 4 members (excludes halogenated alkanes) is 15. The van der Waals surface area contributed by atoms with Gasteiger partial charge in [0.15, 0.2) is 0 Å². The van der Waals surface area contributed by atoms with E-state index in [4.69, 9.17) is 0 Å². The third kappa shape index (κ3) is 21.2. The minimum atomic E-state index is 0.547. The van der Waals surface area contributed by atoms with Crippen molar-refractivity contribution in [3.63, 3.8) is 0 Å². The minimum Gasteiger partial charge on any atom is -0.468 e. The van der Waals surface area contributed by atoms with Gasteiger partial charge in [0.1, 0.15) is 0 Å². The summed E-state index contributed by atoms with van der Waals surface area (Å²) in [5.74, 6) is 0. The van der Waals surface area contributed by atoms with Crippen LogP contribution in [0.4, 0.5) is 0 Å². The maximum Gasteiger partial charge on any atom is 0.293 e. The van der Waals surface area contributed by atoms with Crippen LogP contribution in [-0.4, -0.2) is 13.1 Å². The second-order valence-electron chi connectivity index (χ2n) is 6.97. The average molecular weight is 339 g/mol.